The number of likely N-dealkylation sites (tertiary alicyclic amines) is 1. The zero-order chi connectivity index (χ0) is 15.4. The van der Waals surface area contributed by atoms with Gasteiger partial charge in [0, 0.05) is 19.6 Å². The molecule has 0 aliphatic carbocycles. The van der Waals surface area contributed by atoms with Crippen molar-refractivity contribution >= 4 is 11.6 Å². The maximum absolute atomic E-state index is 12.8. The van der Waals surface area contributed by atoms with E-state index >= 15 is 0 Å². The zero-order valence-electron chi connectivity index (χ0n) is 12.3. The fourth-order valence-corrected chi connectivity index (χ4v) is 2.51. The molecular formula is C17H18FN3O. The Morgan fingerprint density at radius 1 is 1.14 bits per heavy atom. The molecule has 3 rings (SSSR count). The van der Waals surface area contributed by atoms with E-state index in [-0.39, 0.29) is 11.7 Å². The minimum Gasteiger partial charge on any atom is -0.380 e. The van der Waals surface area contributed by atoms with Gasteiger partial charge in [0.25, 0.3) is 5.91 Å². The highest BCUT2D eigenvalue weighted by molar-refractivity contribution is 5.92. The van der Waals surface area contributed by atoms with Gasteiger partial charge in [-0.25, -0.2) is 9.37 Å². The van der Waals surface area contributed by atoms with E-state index in [0.717, 1.165) is 37.2 Å². The van der Waals surface area contributed by atoms with Gasteiger partial charge < -0.3 is 10.2 Å². The first kappa shape index (κ1) is 14.5. The Bertz CT molecular complexity index is 634. The lowest BCUT2D eigenvalue weighted by molar-refractivity contribution is 0.0787. The van der Waals surface area contributed by atoms with Gasteiger partial charge in [-0.15, -0.1) is 0 Å². The molecule has 1 N–H and O–H groups in total. The molecule has 1 aromatic carbocycles. The monoisotopic (exact) mass is 299 g/mol. The van der Waals surface area contributed by atoms with Gasteiger partial charge in [0.1, 0.15) is 11.5 Å². The van der Waals surface area contributed by atoms with E-state index in [1.807, 2.05) is 11.0 Å². The number of amides is 1. The largest absolute Gasteiger partial charge is 0.380 e. The lowest BCUT2D eigenvalue weighted by Crippen LogP contribution is -2.28. The molecule has 0 atom stereocenters. The summed E-state index contributed by atoms with van der Waals surface area (Å²) >= 11 is 0. The lowest BCUT2D eigenvalue weighted by atomic mass is 10.2. The summed E-state index contributed by atoms with van der Waals surface area (Å²) < 4.78 is 12.8. The fraction of sp³-hybridized carbons (Fsp3) is 0.294. The van der Waals surface area contributed by atoms with Crippen LogP contribution in [-0.2, 0) is 6.54 Å². The first-order valence-corrected chi connectivity index (χ1v) is 7.46. The molecule has 0 bridgehead atoms. The number of nitrogens with zero attached hydrogens (tertiary/aromatic N) is 2. The standard InChI is InChI=1S/C17H18FN3O/c18-14-5-3-13(4-6-14)11-19-15-7-8-16(20-12-15)17(22)21-9-1-2-10-21/h3-8,12,19H,1-2,9-11H2. The van der Waals surface area contributed by atoms with Crippen molar-refractivity contribution in [3.8, 4) is 0 Å². The van der Waals surface area contributed by atoms with Crippen LogP contribution in [0.4, 0.5) is 10.1 Å². The Balaban J connectivity index is 1.59. The van der Waals surface area contributed by atoms with Crippen molar-refractivity contribution in [2.75, 3.05) is 18.4 Å². The summed E-state index contributed by atoms with van der Waals surface area (Å²) in [4.78, 5) is 18.3. The van der Waals surface area contributed by atoms with Gasteiger partial charge in [0.2, 0.25) is 0 Å². The predicted octanol–water partition coefficient (Wildman–Crippen LogP) is 3.07. The average Bonchev–Trinajstić information content (AvgIpc) is 3.09. The molecule has 0 saturated carbocycles. The van der Waals surface area contributed by atoms with Gasteiger partial charge in [-0.05, 0) is 42.7 Å². The van der Waals surface area contributed by atoms with E-state index < -0.39 is 0 Å². The Kier molecular flexibility index (Phi) is 4.32. The lowest BCUT2D eigenvalue weighted by Gasteiger charge is -2.14. The van der Waals surface area contributed by atoms with Crippen molar-refractivity contribution in [3.63, 3.8) is 0 Å². The highest BCUT2D eigenvalue weighted by atomic mass is 19.1. The van der Waals surface area contributed by atoms with Crippen LogP contribution >= 0.6 is 0 Å². The van der Waals surface area contributed by atoms with Crippen molar-refractivity contribution in [2.24, 2.45) is 0 Å². The summed E-state index contributed by atoms with van der Waals surface area (Å²) in [6.45, 7) is 2.23. The summed E-state index contributed by atoms with van der Waals surface area (Å²) in [7, 11) is 0. The quantitative estimate of drug-likeness (QED) is 0.943. The molecular weight excluding hydrogens is 281 g/mol. The van der Waals surface area contributed by atoms with E-state index in [0.29, 0.717) is 12.2 Å². The maximum atomic E-state index is 12.8. The summed E-state index contributed by atoms with van der Waals surface area (Å²) in [5, 5.41) is 3.21. The molecule has 0 radical (unpaired) electrons. The van der Waals surface area contributed by atoms with Crippen LogP contribution in [0.25, 0.3) is 0 Å². The minimum absolute atomic E-state index is 0.00239. The van der Waals surface area contributed by atoms with Crippen LogP contribution in [0.2, 0.25) is 0 Å². The van der Waals surface area contributed by atoms with Gasteiger partial charge in [-0.1, -0.05) is 12.1 Å². The van der Waals surface area contributed by atoms with Crippen molar-refractivity contribution in [1.82, 2.24) is 9.88 Å². The summed E-state index contributed by atoms with van der Waals surface area (Å²) in [6, 6.07) is 9.94. The molecule has 1 fully saturated rings. The van der Waals surface area contributed by atoms with E-state index in [2.05, 4.69) is 10.3 Å². The molecule has 0 spiro atoms. The average molecular weight is 299 g/mol. The van der Waals surface area contributed by atoms with E-state index in [4.69, 9.17) is 0 Å². The number of carbonyl (C=O) groups is 1. The van der Waals surface area contributed by atoms with Gasteiger partial charge >= 0.3 is 0 Å². The predicted molar refractivity (Wildman–Crippen MR) is 83.1 cm³/mol. The Morgan fingerprint density at radius 3 is 2.50 bits per heavy atom. The van der Waals surface area contributed by atoms with E-state index in [9.17, 15) is 9.18 Å². The van der Waals surface area contributed by atoms with Gasteiger partial charge in [-0.3, -0.25) is 4.79 Å². The third-order valence-corrected chi connectivity index (χ3v) is 3.79. The Morgan fingerprint density at radius 2 is 1.86 bits per heavy atom. The van der Waals surface area contributed by atoms with Gasteiger partial charge in [0.15, 0.2) is 0 Å². The number of carbonyl (C=O) groups excluding carboxylic acids is 1. The van der Waals surface area contributed by atoms with Crippen molar-refractivity contribution in [3.05, 3.63) is 59.7 Å². The highest BCUT2D eigenvalue weighted by Gasteiger charge is 2.20. The van der Waals surface area contributed by atoms with E-state index in [1.54, 1.807) is 24.4 Å². The summed E-state index contributed by atoms with van der Waals surface area (Å²) in [5.41, 5.74) is 2.30. The smallest absolute Gasteiger partial charge is 0.272 e. The molecule has 1 aliphatic heterocycles. The third kappa shape index (κ3) is 3.42. The molecule has 114 valence electrons. The topological polar surface area (TPSA) is 45.2 Å². The van der Waals surface area contributed by atoms with Crippen LogP contribution < -0.4 is 5.32 Å². The molecule has 0 unspecified atom stereocenters. The molecule has 22 heavy (non-hydrogen) atoms. The van der Waals surface area contributed by atoms with Crippen LogP contribution in [-0.4, -0.2) is 28.9 Å². The second kappa shape index (κ2) is 6.56. The fourth-order valence-electron chi connectivity index (χ4n) is 2.51. The molecule has 2 heterocycles. The second-order valence-electron chi connectivity index (χ2n) is 5.41. The number of anilines is 1. The number of pyridine rings is 1. The number of halogens is 1. The third-order valence-electron chi connectivity index (χ3n) is 3.79. The first-order chi connectivity index (χ1) is 10.7. The minimum atomic E-state index is -0.241. The molecule has 1 amide bonds. The number of nitrogens with one attached hydrogen (secondary N) is 1. The number of hydrogen-bond donors (Lipinski definition) is 1. The first-order valence-electron chi connectivity index (χ1n) is 7.46. The molecule has 1 saturated heterocycles. The molecule has 4 nitrogen and oxygen atoms in total. The van der Waals surface area contributed by atoms with Crippen molar-refractivity contribution < 1.29 is 9.18 Å². The number of benzene rings is 1. The Hall–Kier alpha value is -2.43. The number of rotatable bonds is 4. The zero-order valence-corrected chi connectivity index (χ0v) is 12.3. The van der Waals surface area contributed by atoms with Crippen LogP contribution in [0.1, 0.15) is 28.9 Å². The van der Waals surface area contributed by atoms with Gasteiger partial charge in [0.05, 0.1) is 11.9 Å². The molecule has 1 aliphatic rings. The second-order valence-corrected chi connectivity index (χ2v) is 5.41. The molecule has 5 heteroatoms. The number of hydrogen-bond acceptors (Lipinski definition) is 3. The SMILES string of the molecule is O=C(c1ccc(NCc2ccc(F)cc2)cn1)N1CCCC1. The summed E-state index contributed by atoms with van der Waals surface area (Å²) in [6.07, 6.45) is 3.80. The normalized spacial score (nSPS) is 14.1. The van der Waals surface area contributed by atoms with Crippen LogP contribution in [0.15, 0.2) is 42.6 Å². The molecule has 2 aromatic rings. The van der Waals surface area contributed by atoms with Crippen LogP contribution in [0.3, 0.4) is 0 Å². The highest BCUT2D eigenvalue weighted by Crippen LogP contribution is 2.14. The maximum Gasteiger partial charge on any atom is 0.272 e. The van der Waals surface area contributed by atoms with Crippen LogP contribution in [0, 0.1) is 5.82 Å². The van der Waals surface area contributed by atoms with E-state index in [1.165, 1.54) is 12.1 Å². The van der Waals surface area contributed by atoms with Crippen molar-refractivity contribution in [2.45, 2.75) is 19.4 Å². The molecule has 1 aromatic heterocycles. The van der Waals surface area contributed by atoms with Gasteiger partial charge in [-0.2, -0.15) is 0 Å². The summed E-state index contributed by atoms with van der Waals surface area (Å²) in [5.74, 6) is -0.238. The van der Waals surface area contributed by atoms with Crippen LogP contribution in [0.5, 0.6) is 0 Å². The number of aromatic nitrogens is 1. The Labute approximate surface area is 129 Å². The van der Waals surface area contributed by atoms with Crippen molar-refractivity contribution in [1.29, 1.82) is 0 Å².